The number of nitrogens with zero attached hydrogens (tertiary/aromatic N) is 2. The fraction of sp³-hybridized carbons (Fsp3) is 0.0833. The van der Waals surface area contributed by atoms with Crippen molar-refractivity contribution in [1.29, 1.82) is 0 Å². The van der Waals surface area contributed by atoms with Gasteiger partial charge in [0.2, 0.25) is 0 Å². The molecule has 0 N–H and O–H groups in total. The highest BCUT2D eigenvalue weighted by molar-refractivity contribution is 5.90. The van der Waals surface area contributed by atoms with Crippen molar-refractivity contribution in [3.05, 3.63) is 48.2 Å². The standard InChI is InChI=1S/C12H9FN2O/c1-8(16)12-14-7-6-11(15-12)9-4-2-3-5-10(9)13/h2-7H,1H3. The minimum atomic E-state index is -0.365. The zero-order valence-corrected chi connectivity index (χ0v) is 8.64. The minimum absolute atomic E-state index is 0.0979. The van der Waals surface area contributed by atoms with Gasteiger partial charge in [-0.25, -0.2) is 14.4 Å². The van der Waals surface area contributed by atoms with E-state index < -0.39 is 0 Å². The second-order valence-corrected chi connectivity index (χ2v) is 3.30. The first-order valence-corrected chi connectivity index (χ1v) is 4.77. The van der Waals surface area contributed by atoms with Crippen molar-refractivity contribution in [2.24, 2.45) is 0 Å². The maximum atomic E-state index is 13.5. The van der Waals surface area contributed by atoms with E-state index in [2.05, 4.69) is 9.97 Å². The molecule has 80 valence electrons. The first kappa shape index (κ1) is 10.4. The van der Waals surface area contributed by atoms with Crippen LogP contribution in [-0.4, -0.2) is 15.8 Å². The number of rotatable bonds is 2. The zero-order chi connectivity index (χ0) is 11.5. The summed E-state index contributed by atoms with van der Waals surface area (Å²) in [5, 5.41) is 0. The molecule has 1 heterocycles. The molecule has 0 fully saturated rings. The Morgan fingerprint density at radius 2 is 2.00 bits per heavy atom. The van der Waals surface area contributed by atoms with Crippen LogP contribution in [0.2, 0.25) is 0 Å². The Labute approximate surface area is 92.0 Å². The summed E-state index contributed by atoms with van der Waals surface area (Å²) in [5.41, 5.74) is 0.783. The van der Waals surface area contributed by atoms with Gasteiger partial charge >= 0.3 is 0 Å². The van der Waals surface area contributed by atoms with Crippen LogP contribution in [0.4, 0.5) is 4.39 Å². The normalized spacial score (nSPS) is 10.1. The second-order valence-electron chi connectivity index (χ2n) is 3.30. The largest absolute Gasteiger partial charge is 0.291 e. The molecule has 0 bridgehead atoms. The van der Waals surface area contributed by atoms with Crippen LogP contribution in [0.15, 0.2) is 36.5 Å². The number of aromatic nitrogens is 2. The molecule has 1 aromatic heterocycles. The van der Waals surface area contributed by atoms with E-state index in [1.807, 2.05) is 0 Å². The Morgan fingerprint density at radius 1 is 1.25 bits per heavy atom. The monoisotopic (exact) mass is 216 g/mol. The maximum absolute atomic E-state index is 13.5. The van der Waals surface area contributed by atoms with Gasteiger partial charge in [-0.05, 0) is 18.2 Å². The molecule has 1 aromatic carbocycles. The predicted octanol–water partition coefficient (Wildman–Crippen LogP) is 2.49. The number of hydrogen-bond donors (Lipinski definition) is 0. The zero-order valence-electron chi connectivity index (χ0n) is 8.64. The molecule has 0 aliphatic carbocycles. The molecule has 0 spiro atoms. The third-order valence-electron chi connectivity index (χ3n) is 2.12. The van der Waals surface area contributed by atoms with Crippen molar-refractivity contribution in [3.8, 4) is 11.3 Å². The average molecular weight is 216 g/mol. The molecule has 0 atom stereocenters. The number of carbonyl (C=O) groups is 1. The van der Waals surface area contributed by atoms with E-state index in [0.717, 1.165) is 0 Å². The molecule has 0 amide bonds. The molecule has 0 radical (unpaired) electrons. The van der Waals surface area contributed by atoms with Gasteiger partial charge < -0.3 is 0 Å². The fourth-order valence-electron chi connectivity index (χ4n) is 1.35. The van der Waals surface area contributed by atoms with Gasteiger partial charge in [-0.15, -0.1) is 0 Å². The molecule has 0 aliphatic heterocycles. The van der Waals surface area contributed by atoms with E-state index >= 15 is 0 Å². The molecular formula is C12H9FN2O. The van der Waals surface area contributed by atoms with Gasteiger partial charge in [0.1, 0.15) is 5.82 Å². The van der Waals surface area contributed by atoms with Gasteiger partial charge in [-0.1, -0.05) is 12.1 Å². The molecule has 2 aromatic rings. The molecule has 2 rings (SSSR count). The lowest BCUT2D eigenvalue weighted by Crippen LogP contribution is -2.01. The first-order chi connectivity index (χ1) is 7.68. The molecule has 0 unspecified atom stereocenters. The number of Topliss-reactive ketones (excluding diaryl/α,β-unsaturated/α-hetero) is 1. The van der Waals surface area contributed by atoms with Gasteiger partial charge in [0, 0.05) is 18.7 Å². The predicted molar refractivity (Wildman–Crippen MR) is 57.4 cm³/mol. The van der Waals surface area contributed by atoms with Crippen LogP contribution in [0.3, 0.4) is 0 Å². The molecular weight excluding hydrogens is 207 g/mol. The lowest BCUT2D eigenvalue weighted by Gasteiger charge is -2.02. The van der Waals surface area contributed by atoms with Crippen molar-refractivity contribution in [2.75, 3.05) is 0 Å². The van der Waals surface area contributed by atoms with Gasteiger partial charge in [0.25, 0.3) is 0 Å². The molecule has 4 heteroatoms. The Balaban J connectivity index is 2.53. The molecule has 3 nitrogen and oxygen atoms in total. The summed E-state index contributed by atoms with van der Waals surface area (Å²) in [5.74, 6) is -0.505. The van der Waals surface area contributed by atoms with Gasteiger partial charge in [-0.3, -0.25) is 4.79 Å². The molecule has 0 aliphatic rings. The summed E-state index contributed by atoms with van der Waals surface area (Å²) in [6.45, 7) is 1.38. The third kappa shape index (κ3) is 1.95. The maximum Gasteiger partial charge on any atom is 0.196 e. The quantitative estimate of drug-likeness (QED) is 0.724. The van der Waals surface area contributed by atoms with Crippen molar-refractivity contribution in [3.63, 3.8) is 0 Å². The summed E-state index contributed by atoms with van der Waals surface area (Å²) >= 11 is 0. The lowest BCUT2D eigenvalue weighted by atomic mass is 10.1. The molecule has 0 saturated carbocycles. The third-order valence-corrected chi connectivity index (χ3v) is 2.12. The summed E-state index contributed by atoms with van der Waals surface area (Å²) in [4.78, 5) is 18.9. The number of carbonyl (C=O) groups excluding carboxylic acids is 1. The Bertz CT molecular complexity index is 540. The number of halogens is 1. The van der Waals surface area contributed by atoms with E-state index in [1.165, 1.54) is 19.2 Å². The van der Waals surface area contributed by atoms with Crippen LogP contribution in [0.25, 0.3) is 11.3 Å². The number of ketones is 1. The van der Waals surface area contributed by atoms with Crippen LogP contribution in [0, 0.1) is 5.82 Å². The van der Waals surface area contributed by atoms with Crippen molar-refractivity contribution < 1.29 is 9.18 Å². The Hall–Kier alpha value is -2.10. The summed E-state index contributed by atoms with van der Waals surface area (Å²) in [6.07, 6.45) is 1.45. The number of benzene rings is 1. The van der Waals surface area contributed by atoms with E-state index in [9.17, 15) is 9.18 Å². The van der Waals surface area contributed by atoms with Crippen molar-refractivity contribution in [1.82, 2.24) is 9.97 Å². The first-order valence-electron chi connectivity index (χ1n) is 4.77. The highest BCUT2D eigenvalue weighted by Gasteiger charge is 2.08. The molecule has 16 heavy (non-hydrogen) atoms. The Kier molecular flexibility index (Phi) is 2.72. The smallest absolute Gasteiger partial charge is 0.196 e. The van der Waals surface area contributed by atoms with Crippen LogP contribution >= 0.6 is 0 Å². The Morgan fingerprint density at radius 3 is 2.69 bits per heavy atom. The van der Waals surface area contributed by atoms with E-state index in [0.29, 0.717) is 11.3 Å². The van der Waals surface area contributed by atoms with Gasteiger partial charge in [-0.2, -0.15) is 0 Å². The highest BCUT2D eigenvalue weighted by atomic mass is 19.1. The van der Waals surface area contributed by atoms with Gasteiger partial charge in [0.05, 0.1) is 5.69 Å². The van der Waals surface area contributed by atoms with Crippen LogP contribution in [0.1, 0.15) is 17.5 Å². The van der Waals surface area contributed by atoms with Crippen LogP contribution in [0.5, 0.6) is 0 Å². The summed E-state index contributed by atoms with van der Waals surface area (Å²) in [6, 6.07) is 7.86. The minimum Gasteiger partial charge on any atom is -0.291 e. The highest BCUT2D eigenvalue weighted by Crippen LogP contribution is 2.19. The topological polar surface area (TPSA) is 42.9 Å². The van der Waals surface area contributed by atoms with E-state index in [4.69, 9.17) is 0 Å². The summed E-state index contributed by atoms with van der Waals surface area (Å²) in [7, 11) is 0. The van der Waals surface area contributed by atoms with Gasteiger partial charge in [0.15, 0.2) is 11.6 Å². The average Bonchev–Trinajstić information content (AvgIpc) is 2.30. The van der Waals surface area contributed by atoms with Crippen molar-refractivity contribution in [2.45, 2.75) is 6.92 Å². The summed E-state index contributed by atoms with van der Waals surface area (Å²) < 4.78 is 13.5. The SMILES string of the molecule is CC(=O)c1nccc(-c2ccccc2F)n1. The number of hydrogen-bond acceptors (Lipinski definition) is 3. The second kappa shape index (κ2) is 4.18. The fourth-order valence-corrected chi connectivity index (χ4v) is 1.35. The molecule has 0 saturated heterocycles. The van der Waals surface area contributed by atoms with E-state index in [1.54, 1.807) is 24.3 Å². The van der Waals surface area contributed by atoms with E-state index in [-0.39, 0.29) is 17.4 Å². The van der Waals surface area contributed by atoms with Crippen LogP contribution in [-0.2, 0) is 0 Å². The lowest BCUT2D eigenvalue weighted by molar-refractivity contribution is 0.100. The van der Waals surface area contributed by atoms with Crippen molar-refractivity contribution >= 4 is 5.78 Å². The van der Waals surface area contributed by atoms with Crippen LogP contribution < -0.4 is 0 Å².